The van der Waals surface area contributed by atoms with Gasteiger partial charge in [0.1, 0.15) is 0 Å². The molecule has 3 nitrogen and oxygen atoms in total. The monoisotopic (exact) mass is 235 g/mol. The average molecular weight is 235 g/mol. The first-order valence-electron chi connectivity index (χ1n) is 7.38. The summed E-state index contributed by atoms with van der Waals surface area (Å²) in [6.45, 7) is 2.14. The van der Waals surface area contributed by atoms with E-state index >= 15 is 0 Å². The zero-order valence-electron chi connectivity index (χ0n) is 10.8. The molecule has 2 N–H and O–H groups in total. The van der Waals surface area contributed by atoms with Crippen LogP contribution in [0.4, 0.5) is 0 Å². The van der Waals surface area contributed by atoms with E-state index in [0.717, 1.165) is 18.4 Å². The summed E-state index contributed by atoms with van der Waals surface area (Å²) >= 11 is 0. The van der Waals surface area contributed by atoms with Crippen LogP contribution in [-0.4, -0.2) is 29.5 Å². The van der Waals surface area contributed by atoms with Crippen molar-refractivity contribution in [1.29, 1.82) is 0 Å². The van der Waals surface area contributed by atoms with Crippen LogP contribution in [-0.2, 0) is 0 Å². The molecule has 0 aromatic carbocycles. The maximum absolute atomic E-state index is 6.13. The van der Waals surface area contributed by atoms with Crippen molar-refractivity contribution in [2.24, 2.45) is 16.6 Å². The fourth-order valence-corrected chi connectivity index (χ4v) is 3.48. The molecule has 0 atom stereocenters. The summed E-state index contributed by atoms with van der Waals surface area (Å²) in [7, 11) is 0. The molecule has 1 heterocycles. The Morgan fingerprint density at radius 2 is 1.76 bits per heavy atom. The smallest absolute Gasteiger partial charge is 0.191 e. The zero-order chi connectivity index (χ0) is 11.7. The molecule has 0 bridgehead atoms. The van der Waals surface area contributed by atoms with Crippen molar-refractivity contribution in [3.63, 3.8) is 0 Å². The van der Waals surface area contributed by atoms with Crippen molar-refractivity contribution in [1.82, 2.24) is 4.90 Å². The molecule has 17 heavy (non-hydrogen) atoms. The maximum atomic E-state index is 6.13. The standard InChI is InChI=1S/C14H25N3/c15-13-16-11-14(17(13)10-12-6-7-12)8-4-2-1-3-5-9-14/h12H,1-11H2,(H2,15,16). The van der Waals surface area contributed by atoms with Crippen LogP contribution >= 0.6 is 0 Å². The first kappa shape index (κ1) is 11.4. The van der Waals surface area contributed by atoms with Gasteiger partial charge < -0.3 is 10.6 Å². The third kappa shape index (κ3) is 2.29. The third-order valence-corrected chi connectivity index (χ3v) is 4.81. The highest BCUT2D eigenvalue weighted by Gasteiger charge is 2.43. The van der Waals surface area contributed by atoms with Gasteiger partial charge in [0, 0.05) is 6.54 Å². The molecule has 1 aliphatic heterocycles. The molecule has 1 spiro atoms. The van der Waals surface area contributed by atoms with Gasteiger partial charge in [0.15, 0.2) is 5.96 Å². The lowest BCUT2D eigenvalue weighted by Crippen LogP contribution is -2.52. The van der Waals surface area contributed by atoms with Crippen LogP contribution in [0, 0.1) is 5.92 Å². The Hall–Kier alpha value is -0.730. The Labute approximate surface area is 104 Å². The number of rotatable bonds is 2. The van der Waals surface area contributed by atoms with Gasteiger partial charge in [-0.1, -0.05) is 32.1 Å². The van der Waals surface area contributed by atoms with Crippen LogP contribution in [0.2, 0.25) is 0 Å². The van der Waals surface area contributed by atoms with Crippen molar-refractivity contribution >= 4 is 5.96 Å². The van der Waals surface area contributed by atoms with E-state index in [1.54, 1.807) is 0 Å². The Morgan fingerprint density at radius 1 is 1.12 bits per heavy atom. The van der Waals surface area contributed by atoms with Crippen LogP contribution in [0.1, 0.15) is 57.8 Å². The van der Waals surface area contributed by atoms with Gasteiger partial charge in [-0.05, 0) is 31.6 Å². The summed E-state index contributed by atoms with van der Waals surface area (Å²) in [6.07, 6.45) is 12.4. The number of nitrogens with zero attached hydrogens (tertiary/aromatic N) is 2. The summed E-state index contributed by atoms with van der Waals surface area (Å²) in [5.41, 5.74) is 6.44. The van der Waals surface area contributed by atoms with E-state index in [4.69, 9.17) is 5.73 Å². The van der Waals surface area contributed by atoms with Gasteiger partial charge in [0.25, 0.3) is 0 Å². The fraction of sp³-hybridized carbons (Fsp3) is 0.929. The lowest BCUT2D eigenvalue weighted by atomic mass is 9.83. The molecule has 0 unspecified atom stereocenters. The Kier molecular flexibility index (Phi) is 3.01. The summed E-state index contributed by atoms with van der Waals surface area (Å²) in [6, 6.07) is 0. The quantitative estimate of drug-likeness (QED) is 0.799. The normalized spacial score (nSPS) is 28.9. The molecule has 0 aromatic heterocycles. The van der Waals surface area contributed by atoms with E-state index in [1.807, 2.05) is 0 Å². The van der Waals surface area contributed by atoms with E-state index in [1.165, 1.54) is 64.3 Å². The van der Waals surface area contributed by atoms with Gasteiger partial charge in [-0.15, -0.1) is 0 Å². The highest BCUT2D eigenvalue weighted by Crippen LogP contribution is 2.39. The maximum Gasteiger partial charge on any atom is 0.191 e. The number of guanidine groups is 1. The molecular formula is C14H25N3. The molecular weight excluding hydrogens is 210 g/mol. The molecule has 3 rings (SSSR count). The van der Waals surface area contributed by atoms with Crippen LogP contribution in [0.3, 0.4) is 0 Å². The van der Waals surface area contributed by atoms with Crippen LogP contribution < -0.4 is 5.73 Å². The predicted molar refractivity (Wildman–Crippen MR) is 71.0 cm³/mol. The Balaban J connectivity index is 1.73. The minimum atomic E-state index is 0.313. The number of hydrogen-bond acceptors (Lipinski definition) is 3. The van der Waals surface area contributed by atoms with E-state index in [0.29, 0.717) is 5.54 Å². The van der Waals surface area contributed by atoms with Gasteiger partial charge in [-0.3, -0.25) is 4.99 Å². The molecule has 0 radical (unpaired) electrons. The van der Waals surface area contributed by atoms with Crippen molar-refractivity contribution in [2.75, 3.05) is 13.1 Å². The first-order chi connectivity index (χ1) is 8.30. The van der Waals surface area contributed by atoms with Crippen molar-refractivity contribution in [2.45, 2.75) is 63.3 Å². The molecule has 2 saturated carbocycles. The zero-order valence-corrected chi connectivity index (χ0v) is 10.8. The third-order valence-electron chi connectivity index (χ3n) is 4.81. The lowest BCUT2D eigenvalue weighted by molar-refractivity contribution is 0.150. The summed E-state index contributed by atoms with van der Waals surface area (Å²) in [5, 5.41) is 0. The first-order valence-corrected chi connectivity index (χ1v) is 7.38. The Morgan fingerprint density at radius 3 is 2.41 bits per heavy atom. The molecule has 0 amide bonds. The number of aliphatic imine (C=N–C) groups is 1. The summed E-state index contributed by atoms with van der Waals surface area (Å²) in [4.78, 5) is 7.05. The predicted octanol–water partition coefficient (Wildman–Crippen LogP) is 2.51. The van der Waals surface area contributed by atoms with Gasteiger partial charge in [-0.2, -0.15) is 0 Å². The summed E-state index contributed by atoms with van der Waals surface area (Å²) < 4.78 is 0. The van der Waals surface area contributed by atoms with Crippen molar-refractivity contribution in [3.8, 4) is 0 Å². The van der Waals surface area contributed by atoms with Crippen LogP contribution in [0.25, 0.3) is 0 Å². The minimum Gasteiger partial charge on any atom is -0.370 e. The van der Waals surface area contributed by atoms with E-state index in [-0.39, 0.29) is 0 Å². The number of hydrogen-bond donors (Lipinski definition) is 1. The SMILES string of the molecule is NC1=NCC2(CCCCCCC2)N1CC1CC1. The fourth-order valence-electron chi connectivity index (χ4n) is 3.48. The average Bonchev–Trinajstić information content (AvgIpc) is 3.04. The second-order valence-electron chi connectivity index (χ2n) is 6.22. The molecule has 0 saturated heterocycles. The molecule has 3 heteroatoms. The highest BCUT2D eigenvalue weighted by atomic mass is 15.4. The Bertz CT molecular complexity index is 299. The van der Waals surface area contributed by atoms with Crippen molar-refractivity contribution < 1.29 is 0 Å². The van der Waals surface area contributed by atoms with Gasteiger partial charge >= 0.3 is 0 Å². The summed E-state index contributed by atoms with van der Waals surface area (Å²) in [5.74, 6) is 1.74. The molecule has 2 fully saturated rings. The second-order valence-corrected chi connectivity index (χ2v) is 6.22. The molecule has 0 aromatic rings. The van der Waals surface area contributed by atoms with Crippen LogP contribution in [0.15, 0.2) is 4.99 Å². The molecule has 2 aliphatic carbocycles. The minimum absolute atomic E-state index is 0.313. The largest absolute Gasteiger partial charge is 0.370 e. The number of nitrogens with two attached hydrogens (primary N) is 1. The topological polar surface area (TPSA) is 41.6 Å². The van der Waals surface area contributed by atoms with E-state index in [2.05, 4.69) is 9.89 Å². The van der Waals surface area contributed by atoms with Crippen LogP contribution in [0.5, 0.6) is 0 Å². The second kappa shape index (κ2) is 4.51. The van der Waals surface area contributed by atoms with E-state index < -0.39 is 0 Å². The van der Waals surface area contributed by atoms with Gasteiger partial charge in [-0.25, -0.2) is 0 Å². The van der Waals surface area contributed by atoms with Gasteiger partial charge in [0.2, 0.25) is 0 Å². The molecule has 3 aliphatic rings. The van der Waals surface area contributed by atoms with Gasteiger partial charge in [0.05, 0.1) is 12.1 Å². The van der Waals surface area contributed by atoms with Crippen molar-refractivity contribution in [3.05, 3.63) is 0 Å². The lowest BCUT2D eigenvalue weighted by Gasteiger charge is -2.41. The highest BCUT2D eigenvalue weighted by molar-refractivity contribution is 5.81. The molecule has 96 valence electrons. The van der Waals surface area contributed by atoms with E-state index in [9.17, 15) is 0 Å².